The van der Waals surface area contributed by atoms with Gasteiger partial charge >= 0.3 is 0 Å². The second-order valence-corrected chi connectivity index (χ2v) is 33.9. The summed E-state index contributed by atoms with van der Waals surface area (Å²) < 4.78 is 44.9. The van der Waals surface area contributed by atoms with E-state index >= 15 is 0 Å². The van der Waals surface area contributed by atoms with Crippen LogP contribution in [-0.4, -0.2) is 0 Å². The average Bonchev–Trinajstić information content (AvgIpc) is 1.72. The van der Waals surface area contributed by atoms with Gasteiger partial charge in [0.15, 0.2) is 0 Å². The van der Waals surface area contributed by atoms with Gasteiger partial charge in [-0.1, -0.05) is 291 Å². The molecular formula is C126H82FN3O5. The van der Waals surface area contributed by atoms with Gasteiger partial charge in [-0.25, -0.2) is 4.39 Å². The van der Waals surface area contributed by atoms with Crippen LogP contribution >= 0.6 is 0 Å². The Morgan fingerprint density at radius 2 is 0.289 bits per heavy atom. The molecule has 0 saturated heterocycles. The first-order valence-corrected chi connectivity index (χ1v) is 45.4. The number of nitrogens with zero attached hydrogens (tertiary/aromatic N) is 3. The standard InChI is InChI=1S/C48H31NO2.C42H27NO2.C36H24FNO/c1-3-9-32(10-4-1)34-15-21-38(22-16-34)49(39-23-17-35(18-24-39)37-20-26-42-41-13-7-8-14-45(41)50-46(42)30-37)40-25-28-44-43-27-19-36(33-11-5-2-6-12-33)29-47(43)51-48(44)31-40;1-2-8-28(9-3-1)29-14-19-32(20-15-29)43(34-23-25-38-36-11-5-7-13-40(36)45-42(38)27-34)33-21-16-30(17-22-33)31-18-24-37-35-10-4-6-12-39(35)44-41(37)26-31;37-29-16-22-34-33-21-15-28(23-35(33)39-36(34)24-29)27-13-19-32(20-14-27)38(30-9-5-2-6-10-30)31-17-11-26(12-18-31)25-7-3-1-4-8-25/h1-31H;1-27H;1-24H. The second kappa shape index (κ2) is 34.8. The lowest BCUT2D eigenvalue weighted by molar-refractivity contribution is 0.618. The molecule has 0 saturated carbocycles. The molecule has 0 amide bonds. The van der Waals surface area contributed by atoms with E-state index in [1.54, 1.807) is 6.07 Å². The van der Waals surface area contributed by atoms with E-state index in [0.29, 0.717) is 5.58 Å². The van der Waals surface area contributed by atoms with E-state index in [2.05, 4.69) is 421 Å². The van der Waals surface area contributed by atoms with Crippen molar-refractivity contribution < 1.29 is 26.5 Å². The molecule has 0 radical (unpaired) electrons. The molecule has 5 aromatic heterocycles. The first kappa shape index (κ1) is 80.3. The second-order valence-electron chi connectivity index (χ2n) is 33.9. The minimum atomic E-state index is -0.296. The predicted octanol–water partition coefficient (Wildman–Crippen LogP) is 36.8. The van der Waals surface area contributed by atoms with Crippen molar-refractivity contribution in [3.05, 3.63) is 503 Å². The van der Waals surface area contributed by atoms with Crippen molar-refractivity contribution in [2.75, 3.05) is 14.7 Å². The fourth-order valence-electron chi connectivity index (χ4n) is 18.9. The molecule has 0 aliphatic heterocycles. The van der Waals surface area contributed by atoms with Crippen molar-refractivity contribution in [3.8, 4) is 77.9 Å². The average molecular weight is 1740 g/mol. The van der Waals surface area contributed by atoms with Gasteiger partial charge in [-0.05, 0) is 266 Å². The zero-order valence-electron chi connectivity index (χ0n) is 73.1. The Kier molecular flexibility index (Phi) is 20.7. The normalized spacial score (nSPS) is 11.4. The molecule has 0 N–H and O–H groups in total. The van der Waals surface area contributed by atoms with Crippen LogP contribution in [0.5, 0.6) is 0 Å². The lowest BCUT2D eigenvalue weighted by Gasteiger charge is -2.26. The lowest BCUT2D eigenvalue weighted by Crippen LogP contribution is -2.09. The number of halogens is 1. The van der Waals surface area contributed by atoms with Crippen LogP contribution in [0.15, 0.2) is 520 Å². The molecule has 8 nitrogen and oxygen atoms in total. The summed E-state index contributed by atoms with van der Waals surface area (Å²) in [5.41, 5.74) is 34.1. The fraction of sp³-hybridized carbons (Fsp3) is 0. The highest BCUT2D eigenvalue weighted by atomic mass is 19.1. The summed E-state index contributed by atoms with van der Waals surface area (Å²) in [5.74, 6) is -0.296. The maximum atomic E-state index is 13.7. The van der Waals surface area contributed by atoms with E-state index in [1.807, 2.05) is 72.8 Å². The van der Waals surface area contributed by atoms with Gasteiger partial charge in [-0.3, -0.25) is 0 Å². The van der Waals surface area contributed by atoms with Crippen LogP contribution in [-0.2, 0) is 0 Å². The van der Waals surface area contributed by atoms with Crippen LogP contribution in [0.25, 0.3) is 188 Å². The Morgan fingerprint density at radius 3 is 0.578 bits per heavy atom. The summed E-state index contributed by atoms with van der Waals surface area (Å²) in [7, 11) is 0. The largest absolute Gasteiger partial charge is 0.456 e. The number of anilines is 9. The molecule has 0 aliphatic carbocycles. The molecule has 0 aliphatic rings. The third-order valence-electron chi connectivity index (χ3n) is 25.7. The maximum Gasteiger partial charge on any atom is 0.138 e. The monoisotopic (exact) mass is 1740 g/mol. The zero-order valence-corrected chi connectivity index (χ0v) is 73.1. The summed E-state index contributed by atoms with van der Waals surface area (Å²) in [5, 5.41) is 10.9. The molecule has 0 unspecified atom stereocenters. The SMILES string of the molecule is Fc1ccc2c(c1)oc1cc(-c3ccc(N(c4ccccc4)c4ccc(-c5ccccc5)cc4)cc3)ccc12.c1ccc(-c2ccc(N(c3ccc(-c4ccc5c(c4)oc4ccccc45)cc3)c3ccc4c(c3)oc3cc(-c5ccccc5)ccc34)cc2)cc1.c1ccc(-c2ccc(N(c3ccc(-c4ccc5c(c4)oc4ccccc45)cc3)c3ccc4c(c3)oc3ccccc34)cc2)cc1. The molecule has 0 bridgehead atoms. The Morgan fingerprint density at radius 1 is 0.119 bits per heavy atom. The van der Waals surface area contributed by atoms with E-state index in [-0.39, 0.29) is 5.82 Å². The fourth-order valence-corrected chi connectivity index (χ4v) is 18.9. The van der Waals surface area contributed by atoms with E-state index in [0.717, 1.165) is 194 Å². The van der Waals surface area contributed by atoms with Gasteiger partial charge in [0.05, 0.1) is 0 Å². The van der Waals surface area contributed by atoms with Crippen LogP contribution in [0.2, 0.25) is 0 Å². The van der Waals surface area contributed by atoms with Crippen molar-refractivity contribution in [2.45, 2.75) is 0 Å². The maximum absolute atomic E-state index is 13.7. The van der Waals surface area contributed by atoms with Crippen LogP contribution < -0.4 is 14.7 Å². The molecular weight excluding hydrogens is 1650 g/mol. The zero-order chi connectivity index (χ0) is 89.7. The Hall–Kier alpha value is -18.1. The highest BCUT2D eigenvalue weighted by Crippen LogP contribution is 2.46. The topological polar surface area (TPSA) is 75.4 Å². The van der Waals surface area contributed by atoms with Crippen LogP contribution in [0, 0.1) is 5.82 Å². The highest BCUT2D eigenvalue weighted by molar-refractivity contribution is 6.11. The molecule has 0 fully saturated rings. The number of para-hydroxylation sites is 4. The molecule has 9 heteroatoms. The minimum absolute atomic E-state index is 0.296. The van der Waals surface area contributed by atoms with E-state index in [4.69, 9.17) is 22.1 Å². The lowest BCUT2D eigenvalue weighted by atomic mass is 10.0. The molecule has 26 rings (SSSR count). The molecule has 638 valence electrons. The summed E-state index contributed by atoms with van der Waals surface area (Å²) in [6, 6.07) is 172. The van der Waals surface area contributed by atoms with Crippen molar-refractivity contribution >= 4 is 161 Å². The van der Waals surface area contributed by atoms with Crippen LogP contribution in [0.4, 0.5) is 55.6 Å². The van der Waals surface area contributed by atoms with Crippen LogP contribution in [0.3, 0.4) is 0 Å². The number of rotatable bonds is 16. The summed E-state index contributed by atoms with van der Waals surface area (Å²) in [6.07, 6.45) is 0. The molecule has 5 heterocycles. The van der Waals surface area contributed by atoms with Crippen LogP contribution in [0.1, 0.15) is 0 Å². The van der Waals surface area contributed by atoms with Gasteiger partial charge < -0.3 is 36.8 Å². The van der Waals surface area contributed by atoms with Gasteiger partial charge in [-0.15, -0.1) is 0 Å². The van der Waals surface area contributed by atoms with Crippen molar-refractivity contribution in [3.63, 3.8) is 0 Å². The smallest absolute Gasteiger partial charge is 0.138 e. The first-order valence-electron chi connectivity index (χ1n) is 45.4. The number of hydrogen-bond donors (Lipinski definition) is 0. The summed E-state index contributed by atoms with van der Waals surface area (Å²) in [6.45, 7) is 0. The van der Waals surface area contributed by atoms with E-state index in [1.165, 1.54) is 51.1 Å². The third-order valence-corrected chi connectivity index (χ3v) is 25.7. The Balaban J connectivity index is 0.000000112. The quantitative estimate of drug-likeness (QED) is 0.0947. The Bertz CT molecular complexity index is 8820. The van der Waals surface area contributed by atoms with Crippen molar-refractivity contribution in [1.82, 2.24) is 0 Å². The van der Waals surface area contributed by atoms with E-state index in [9.17, 15) is 4.39 Å². The van der Waals surface area contributed by atoms with E-state index < -0.39 is 0 Å². The van der Waals surface area contributed by atoms with Gasteiger partial charge in [0, 0.05) is 123 Å². The summed E-state index contributed by atoms with van der Waals surface area (Å²) >= 11 is 0. The number of furan rings is 5. The number of fused-ring (bicyclic) bond motifs is 15. The number of hydrogen-bond acceptors (Lipinski definition) is 8. The van der Waals surface area contributed by atoms with Gasteiger partial charge in [0.2, 0.25) is 0 Å². The van der Waals surface area contributed by atoms with Gasteiger partial charge in [0.25, 0.3) is 0 Å². The third kappa shape index (κ3) is 15.7. The van der Waals surface area contributed by atoms with Crippen molar-refractivity contribution in [1.29, 1.82) is 0 Å². The predicted molar refractivity (Wildman–Crippen MR) is 558 cm³/mol. The first-order chi connectivity index (χ1) is 66.8. The highest BCUT2D eigenvalue weighted by Gasteiger charge is 2.23. The molecule has 21 aromatic carbocycles. The van der Waals surface area contributed by atoms with Gasteiger partial charge in [-0.2, -0.15) is 0 Å². The molecule has 0 spiro atoms. The Labute approximate surface area is 778 Å². The molecule has 0 atom stereocenters. The minimum Gasteiger partial charge on any atom is -0.456 e. The van der Waals surface area contributed by atoms with Crippen molar-refractivity contribution in [2.24, 2.45) is 0 Å². The van der Waals surface area contributed by atoms with Gasteiger partial charge in [0.1, 0.15) is 61.6 Å². The number of benzene rings is 21. The molecule has 135 heavy (non-hydrogen) atoms. The molecule has 26 aromatic rings. The summed E-state index contributed by atoms with van der Waals surface area (Å²) in [4.78, 5) is 6.84.